The van der Waals surface area contributed by atoms with E-state index in [1.165, 1.54) is 11.3 Å². The third kappa shape index (κ3) is 6.28. The maximum absolute atomic E-state index is 12.2. The van der Waals surface area contributed by atoms with Crippen molar-refractivity contribution in [2.45, 2.75) is 12.8 Å². The molecule has 0 spiro atoms. The Morgan fingerprint density at radius 2 is 1.77 bits per heavy atom. The van der Waals surface area contributed by atoms with Crippen molar-refractivity contribution in [2.24, 2.45) is 5.73 Å². The molecule has 31 heavy (non-hydrogen) atoms. The molecule has 3 aromatic rings. The average molecular weight is 439 g/mol. The van der Waals surface area contributed by atoms with E-state index in [1.54, 1.807) is 61.0 Å². The highest BCUT2D eigenvalue weighted by Gasteiger charge is 2.12. The number of para-hydroxylation sites is 1. The number of benzene rings is 2. The summed E-state index contributed by atoms with van der Waals surface area (Å²) in [4.78, 5) is 40.1. The van der Waals surface area contributed by atoms with Crippen LogP contribution in [-0.4, -0.2) is 29.9 Å². The molecule has 160 valence electrons. The molecule has 0 fully saturated rings. The first-order valence-electron chi connectivity index (χ1n) is 9.29. The summed E-state index contributed by atoms with van der Waals surface area (Å²) in [7, 11) is 1.57. The molecule has 4 amide bonds. The van der Waals surface area contributed by atoms with Gasteiger partial charge in [0.1, 0.15) is 5.75 Å². The molecule has 0 atom stereocenters. The minimum Gasteiger partial charge on any atom is -0.497 e. The number of methoxy groups -OCH3 is 1. The van der Waals surface area contributed by atoms with E-state index in [-0.39, 0.29) is 17.9 Å². The van der Waals surface area contributed by atoms with Gasteiger partial charge in [0, 0.05) is 17.5 Å². The number of hydrogen-bond donors (Lipinski definition) is 4. The number of urea groups is 1. The molecular formula is C21H21N5O4S. The molecule has 0 saturated carbocycles. The number of rotatable bonds is 8. The van der Waals surface area contributed by atoms with Crippen LogP contribution < -0.4 is 26.4 Å². The number of amides is 4. The van der Waals surface area contributed by atoms with E-state index in [1.807, 2.05) is 0 Å². The molecule has 3 rings (SSSR count). The number of carbonyl (C=O) groups is 3. The van der Waals surface area contributed by atoms with Crippen LogP contribution >= 0.6 is 11.3 Å². The summed E-state index contributed by atoms with van der Waals surface area (Å²) >= 11 is 1.26. The molecule has 0 aliphatic heterocycles. The number of thiazole rings is 1. The summed E-state index contributed by atoms with van der Waals surface area (Å²) < 4.78 is 5.08. The second kappa shape index (κ2) is 10.2. The van der Waals surface area contributed by atoms with Gasteiger partial charge in [-0.3, -0.25) is 14.9 Å². The van der Waals surface area contributed by atoms with Crippen molar-refractivity contribution in [1.29, 1.82) is 0 Å². The first-order chi connectivity index (χ1) is 14.9. The van der Waals surface area contributed by atoms with E-state index in [4.69, 9.17) is 10.5 Å². The van der Waals surface area contributed by atoms with E-state index in [0.717, 1.165) is 0 Å². The van der Waals surface area contributed by atoms with Crippen LogP contribution in [0.3, 0.4) is 0 Å². The number of hydrogen-bond acceptors (Lipinski definition) is 6. The van der Waals surface area contributed by atoms with Crippen molar-refractivity contribution in [3.8, 4) is 5.75 Å². The standard InChI is InChI=1S/C21H21N5O4S/c1-30-15-9-6-13(7-10-15)23-20(29)26-21-24-14(12-31-21)8-11-18(27)25-17-5-3-2-4-16(17)19(22)28/h2-7,9-10,12H,8,11H2,1H3,(H2,22,28)(H,25,27)(H2,23,24,26,29). The van der Waals surface area contributed by atoms with E-state index < -0.39 is 11.9 Å². The van der Waals surface area contributed by atoms with E-state index in [9.17, 15) is 14.4 Å². The number of aryl methyl sites for hydroxylation is 1. The highest BCUT2D eigenvalue weighted by Crippen LogP contribution is 2.19. The Balaban J connectivity index is 1.49. The summed E-state index contributed by atoms with van der Waals surface area (Å²) in [6.07, 6.45) is 0.539. The van der Waals surface area contributed by atoms with Gasteiger partial charge in [0.05, 0.1) is 24.1 Å². The smallest absolute Gasteiger partial charge is 0.325 e. The van der Waals surface area contributed by atoms with E-state index in [2.05, 4.69) is 20.9 Å². The second-order valence-electron chi connectivity index (χ2n) is 6.41. The summed E-state index contributed by atoms with van der Waals surface area (Å²) in [5.41, 5.74) is 7.22. The van der Waals surface area contributed by atoms with Crippen molar-refractivity contribution in [1.82, 2.24) is 4.98 Å². The van der Waals surface area contributed by atoms with Gasteiger partial charge in [-0.05, 0) is 42.8 Å². The number of ether oxygens (including phenoxy) is 1. The molecular weight excluding hydrogens is 418 g/mol. The quantitative estimate of drug-likeness (QED) is 0.426. The summed E-state index contributed by atoms with van der Waals surface area (Å²) in [5, 5.41) is 10.2. The monoisotopic (exact) mass is 439 g/mol. The number of nitrogens with zero attached hydrogens (tertiary/aromatic N) is 1. The Hall–Kier alpha value is -3.92. The van der Waals surface area contributed by atoms with Crippen molar-refractivity contribution >= 4 is 45.7 Å². The van der Waals surface area contributed by atoms with Crippen LogP contribution in [0.2, 0.25) is 0 Å². The molecule has 5 N–H and O–H groups in total. The lowest BCUT2D eigenvalue weighted by atomic mass is 10.1. The Kier molecular flexibility index (Phi) is 7.17. The van der Waals surface area contributed by atoms with Crippen molar-refractivity contribution in [2.75, 3.05) is 23.1 Å². The van der Waals surface area contributed by atoms with Gasteiger partial charge in [-0.25, -0.2) is 9.78 Å². The lowest BCUT2D eigenvalue weighted by Gasteiger charge is -2.08. The molecule has 2 aromatic carbocycles. The zero-order valence-electron chi connectivity index (χ0n) is 16.7. The fourth-order valence-corrected chi connectivity index (χ4v) is 3.41. The SMILES string of the molecule is COc1ccc(NC(=O)Nc2nc(CCC(=O)Nc3ccccc3C(N)=O)cs2)cc1. The molecule has 0 unspecified atom stereocenters. The predicted octanol–water partition coefficient (Wildman–Crippen LogP) is 3.47. The topological polar surface area (TPSA) is 135 Å². The lowest BCUT2D eigenvalue weighted by molar-refractivity contribution is -0.116. The van der Waals surface area contributed by atoms with Crippen molar-refractivity contribution in [3.05, 3.63) is 65.2 Å². The van der Waals surface area contributed by atoms with E-state index >= 15 is 0 Å². The summed E-state index contributed by atoms with van der Waals surface area (Å²) in [5.74, 6) is -0.190. The fraction of sp³-hybridized carbons (Fsp3) is 0.143. The third-order valence-electron chi connectivity index (χ3n) is 4.19. The largest absolute Gasteiger partial charge is 0.497 e. The Labute approximate surface area is 182 Å². The van der Waals surface area contributed by atoms with Gasteiger partial charge >= 0.3 is 6.03 Å². The zero-order valence-corrected chi connectivity index (χ0v) is 17.5. The van der Waals surface area contributed by atoms with Gasteiger partial charge in [-0.2, -0.15) is 0 Å². The van der Waals surface area contributed by atoms with Crippen LogP contribution in [0.5, 0.6) is 5.75 Å². The molecule has 0 bridgehead atoms. The second-order valence-corrected chi connectivity index (χ2v) is 7.27. The highest BCUT2D eigenvalue weighted by atomic mass is 32.1. The Morgan fingerprint density at radius 1 is 1.03 bits per heavy atom. The molecule has 1 heterocycles. The number of carbonyl (C=O) groups excluding carboxylic acids is 3. The Bertz CT molecular complexity index is 1080. The molecule has 0 aliphatic rings. The number of primary amides is 1. The average Bonchev–Trinajstić information content (AvgIpc) is 3.20. The normalized spacial score (nSPS) is 10.2. The minimum absolute atomic E-state index is 0.161. The van der Waals surface area contributed by atoms with Gasteiger partial charge in [0.2, 0.25) is 5.91 Å². The Morgan fingerprint density at radius 3 is 2.48 bits per heavy atom. The van der Waals surface area contributed by atoms with Gasteiger partial charge in [-0.1, -0.05) is 12.1 Å². The molecule has 0 radical (unpaired) electrons. The zero-order chi connectivity index (χ0) is 22.2. The van der Waals surface area contributed by atoms with Crippen LogP contribution in [0.1, 0.15) is 22.5 Å². The number of aromatic nitrogens is 1. The van der Waals surface area contributed by atoms with Crippen LogP contribution in [0, 0.1) is 0 Å². The molecule has 0 saturated heterocycles. The minimum atomic E-state index is -0.612. The third-order valence-corrected chi connectivity index (χ3v) is 5.00. The van der Waals surface area contributed by atoms with Crippen LogP contribution in [0.4, 0.5) is 21.3 Å². The van der Waals surface area contributed by atoms with Crippen molar-refractivity contribution < 1.29 is 19.1 Å². The number of nitrogens with one attached hydrogen (secondary N) is 3. The molecule has 9 nitrogen and oxygen atoms in total. The molecule has 0 aliphatic carbocycles. The predicted molar refractivity (Wildman–Crippen MR) is 120 cm³/mol. The van der Waals surface area contributed by atoms with Gasteiger partial charge < -0.3 is 21.1 Å². The maximum Gasteiger partial charge on any atom is 0.325 e. The van der Waals surface area contributed by atoms with Crippen LogP contribution in [-0.2, 0) is 11.2 Å². The van der Waals surface area contributed by atoms with Gasteiger partial charge in [0.15, 0.2) is 5.13 Å². The first kappa shape index (κ1) is 21.8. The molecule has 10 heteroatoms. The van der Waals surface area contributed by atoms with Gasteiger partial charge in [-0.15, -0.1) is 11.3 Å². The van der Waals surface area contributed by atoms with Gasteiger partial charge in [0.25, 0.3) is 5.91 Å². The number of nitrogens with two attached hydrogens (primary N) is 1. The van der Waals surface area contributed by atoms with E-state index in [0.29, 0.717) is 34.4 Å². The van der Waals surface area contributed by atoms with Crippen LogP contribution in [0.15, 0.2) is 53.9 Å². The fourth-order valence-electron chi connectivity index (χ4n) is 2.67. The van der Waals surface area contributed by atoms with Crippen LogP contribution in [0.25, 0.3) is 0 Å². The lowest BCUT2D eigenvalue weighted by Crippen LogP contribution is -2.19. The maximum atomic E-state index is 12.2. The van der Waals surface area contributed by atoms with Crippen molar-refractivity contribution in [3.63, 3.8) is 0 Å². The first-order valence-corrected chi connectivity index (χ1v) is 10.2. The molecule has 1 aromatic heterocycles. The summed E-state index contributed by atoms with van der Waals surface area (Å²) in [6.45, 7) is 0. The highest BCUT2D eigenvalue weighted by molar-refractivity contribution is 7.13. The summed E-state index contributed by atoms with van der Waals surface area (Å²) in [6, 6.07) is 13.0. The number of anilines is 3.